The number of hydrogen-bond acceptors (Lipinski definition) is 3. The molecule has 2 heterocycles. The minimum Gasteiger partial charge on any atom is -0.299 e. The van der Waals surface area contributed by atoms with Crippen molar-refractivity contribution >= 4 is 48.6 Å². The van der Waals surface area contributed by atoms with Crippen molar-refractivity contribution in [2.24, 2.45) is 0 Å². The first-order valence-corrected chi connectivity index (χ1v) is 8.88. The van der Waals surface area contributed by atoms with Crippen LogP contribution < -0.4 is 0 Å². The van der Waals surface area contributed by atoms with Gasteiger partial charge in [0.2, 0.25) is 0 Å². The van der Waals surface area contributed by atoms with Gasteiger partial charge in [0.05, 0.1) is 0 Å². The molecule has 4 aromatic rings. The van der Waals surface area contributed by atoms with Crippen LogP contribution in [0.1, 0.15) is 9.75 Å². The number of thiophene rings is 2. The molecule has 0 aliphatic heterocycles. The summed E-state index contributed by atoms with van der Waals surface area (Å²) in [4.78, 5) is 14.7. The van der Waals surface area contributed by atoms with Crippen LogP contribution in [0.4, 0.5) is 0 Å². The Kier molecular flexibility index (Phi) is 3.53. The molecule has 2 aromatic heterocycles. The lowest BCUT2D eigenvalue weighted by atomic mass is 10.1. The van der Waals surface area contributed by atoms with Crippen LogP contribution in [0.25, 0.3) is 20.2 Å². The highest BCUT2D eigenvalue weighted by Gasteiger charge is 2.10. The van der Waals surface area contributed by atoms with Gasteiger partial charge in [0.15, 0.2) is 0 Å². The third-order valence-electron chi connectivity index (χ3n) is 3.70. The maximum absolute atomic E-state index is 12.3. The number of hydrogen-bond donors (Lipinski definition) is 0. The molecule has 0 aliphatic carbocycles. The maximum atomic E-state index is 12.3. The van der Waals surface area contributed by atoms with Gasteiger partial charge >= 0.3 is 0 Å². The number of carbonyl (C=O) groups excluding carboxylic acids is 1. The fourth-order valence-electron chi connectivity index (χ4n) is 2.70. The fourth-order valence-corrected chi connectivity index (χ4v) is 4.88. The molecule has 4 rings (SSSR count). The maximum Gasteiger partial charge on any atom is 0.143 e. The van der Waals surface area contributed by atoms with Gasteiger partial charge in [-0.1, -0.05) is 36.4 Å². The Hall–Kier alpha value is -1.97. The Bertz CT molecular complexity index is 818. The van der Waals surface area contributed by atoms with Crippen LogP contribution in [0.2, 0.25) is 0 Å². The van der Waals surface area contributed by atoms with E-state index in [9.17, 15) is 4.79 Å². The molecule has 0 saturated heterocycles. The summed E-state index contributed by atoms with van der Waals surface area (Å²) < 4.78 is 2.51. The van der Waals surface area contributed by atoms with E-state index in [0.717, 1.165) is 9.75 Å². The lowest BCUT2D eigenvalue weighted by molar-refractivity contribution is -0.117. The van der Waals surface area contributed by atoms with Crippen molar-refractivity contribution in [2.45, 2.75) is 12.8 Å². The van der Waals surface area contributed by atoms with E-state index in [4.69, 9.17) is 0 Å². The molecule has 2 aromatic carbocycles. The second-order valence-electron chi connectivity index (χ2n) is 5.39. The van der Waals surface area contributed by atoms with Crippen LogP contribution in [0, 0.1) is 0 Å². The van der Waals surface area contributed by atoms with Crippen LogP contribution >= 0.6 is 22.7 Å². The van der Waals surface area contributed by atoms with Gasteiger partial charge < -0.3 is 0 Å². The molecule has 0 aliphatic rings. The Morgan fingerprint density at radius 2 is 1.18 bits per heavy atom. The van der Waals surface area contributed by atoms with Gasteiger partial charge in [0.25, 0.3) is 0 Å². The predicted molar refractivity (Wildman–Crippen MR) is 96.1 cm³/mol. The number of fused-ring (bicyclic) bond motifs is 2. The minimum absolute atomic E-state index is 0.290. The monoisotopic (exact) mass is 322 g/mol. The molecule has 22 heavy (non-hydrogen) atoms. The smallest absolute Gasteiger partial charge is 0.143 e. The summed E-state index contributed by atoms with van der Waals surface area (Å²) in [5, 5.41) is 2.47. The molecule has 0 atom stereocenters. The third kappa shape index (κ3) is 2.70. The van der Waals surface area contributed by atoms with Gasteiger partial charge in [-0.15, -0.1) is 22.7 Å². The molecular formula is C19H14OS2. The summed E-state index contributed by atoms with van der Waals surface area (Å²) in [6.45, 7) is 0. The summed E-state index contributed by atoms with van der Waals surface area (Å²) in [6, 6.07) is 20.9. The zero-order chi connectivity index (χ0) is 14.9. The number of rotatable bonds is 4. The zero-order valence-corrected chi connectivity index (χ0v) is 13.5. The predicted octanol–water partition coefficient (Wildman–Crippen LogP) is 5.47. The summed E-state index contributed by atoms with van der Waals surface area (Å²) in [5.41, 5.74) is 0. The fraction of sp³-hybridized carbons (Fsp3) is 0.105. The van der Waals surface area contributed by atoms with Gasteiger partial charge in [-0.2, -0.15) is 0 Å². The van der Waals surface area contributed by atoms with Crippen LogP contribution in [0.3, 0.4) is 0 Å². The largest absolute Gasteiger partial charge is 0.299 e. The second-order valence-corrected chi connectivity index (χ2v) is 7.73. The van der Waals surface area contributed by atoms with E-state index in [1.807, 2.05) is 24.3 Å². The van der Waals surface area contributed by atoms with Gasteiger partial charge in [-0.05, 0) is 35.0 Å². The van der Waals surface area contributed by atoms with E-state index in [0.29, 0.717) is 12.8 Å². The molecule has 0 unspecified atom stereocenters. The van der Waals surface area contributed by atoms with E-state index in [1.165, 1.54) is 20.2 Å². The van der Waals surface area contributed by atoms with E-state index in [-0.39, 0.29) is 5.78 Å². The number of benzene rings is 2. The Morgan fingerprint density at radius 1 is 0.727 bits per heavy atom. The van der Waals surface area contributed by atoms with Crippen LogP contribution in [0.15, 0.2) is 60.7 Å². The summed E-state index contributed by atoms with van der Waals surface area (Å²) in [5.74, 6) is 0.290. The first-order chi connectivity index (χ1) is 10.8. The molecule has 0 bridgehead atoms. The van der Waals surface area contributed by atoms with Crippen molar-refractivity contribution in [1.29, 1.82) is 0 Å². The van der Waals surface area contributed by atoms with Crippen molar-refractivity contribution in [3.63, 3.8) is 0 Å². The van der Waals surface area contributed by atoms with Gasteiger partial charge in [0, 0.05) is 32.0 Å². The average Bonchev–Trinajstić information content (AvgIpc) is 3.08. The van der Waals surface area contributed by atoms with E-state index in [2.05, 4.69) is 36.4 Å². The second kappa shape index (κ2) is 5.67. The number of carbonyl (C=O) groups is 1. The molecule has 0 N–H and O–H groups in total. The topological polar surface area (TPSA) is 17.1 Å². The molecule has 108 valence electrons. The van der Waals surface area contributed by atoms with Crippen molar-refractivity contribution < 1.29 is 4.79 Å². The first kappa shape index (κ1) is 13.7. The van der Waals surface area contributed by atoms with Crippen molar-refractivity contribution in [1.82, 2.24) is 0 Å². The molecule has 0 amide bonds. The average molecular weight is 322 g/mol. The molecular weight excluding hydrogens is 308 g/mol. The van der Waals surface area contributed by atoms with Crippen LogP contribution in [-0.2, 0) is 17.6 Å². The lowest BCUT2D eigenvalue weighted by Crippen LogP contribution is -2.03. The Balaban J connectivity index is 1.52. The quantitative estimate of drug-likeness (QED) is 0.487. The summed E-state index contributed by atoms with van der Waals surface area (Å²) >= 11 is 3.45. The molecule has 0 saturated carbocycles. The molecule has 1 nitrogen and oxygen atoms in total. The summed E-state index contributed by atoms with van der Waals surface area (Å²) in [6.07, 6.45) is 1.07. The summed E-state index contributed by atoms with van der Waals surface area (Å²) in [7, 11) is 0. The highest BCUT2D eigenvalue weighted by atomic mass is 32.1. The van der Waals surface area contributed by atoms with Gasteiger partial charge in [0.1, 0.15) is 5.78 Å². The normalized spacial score (nSPS) is 11.3. The zero-order valence-electron chi connectivity index (χ0n) is 11.9. The molecule has 0 spiro atoms. The van der Waals surface area contributed by atoms with Crippen molar-refractivity contribution in [2.75, 3.05) is 0 Å². The minimum atomic E-state index is 0.290. The highest BCUT2D eigenvalue weighted by Crippen LogP contribution is 2.28. The standard InChI is InChI=1S/C19H14OS2/c20-15(11-16-9-13-5-1-3-7-18(13)21-16)12-17-10-14-6-2-4-8-19(14)22-17/h1-10H,11-12H2. The third-order valence-corrected chi connectivity index (χ3v) is 5.93. The van der Waals surface area contributed by atoms with E-state index < -0.39 is 0 Å². The SMILES string of the molecule is O=C(Cc1cc2ccccc2s1)Cc1cc2ccccc2s1. The molecule has 3 heteroatoms. The van der Waals surface area contributed by atoms with E-state index >= 15 is 0 Å². The molecule has 0 radical (unpaired) electrons. The van der Waals surface area contributed by atoms with Crippen molar-refractivity contribution in [3.8, 4) is 0 Å². The van der Waals surface area contributed by atoms with E-state index in [1.54, 1.807) is 22.7 Å². The number of Topliss-reactive ketones (excluding diaryl/α,β-unsaturated/α-hetero) is 1. The van der Waals surface area contributed by atoms with Crippen LogP contribution in [-0.4, -0.2) is 5.78 Å². The van der Waals surface area contributed by atoms with Crippen LogP contribution in [0.5, 0.6) is 0 Å². The Morgan fingerprint density at radius 3 is 1.64 bits per heavy atom. The van der Waals surface area contributed by atoms with Gasteiger partial charge in [-0.25, -0.2) is 0 Å². The lowest BCUT2D eigenvalue weighted by Gasteiger charge is -1.96. The highest BCUT2D eigenvalue weighted by molar-refractivity contribution is 7.19. The van der Waals surface area contributed by atoms with Crippen molar-refractivity contribution in [3.05, 3.63) is 70.4 Å². The molecule has 0 fully saturated rings. The first-order valence-electron chi connectivity index (χ1n) is 7.24. The Labute approximate surface area is 136 Å². The van der Waals surface area contributed by atoms with Gasteiger partial charge in [-0.3, -0.25) is 4.79 Å². The number of ketones is 1.